The van der Waals surface area contributed by atoms with Crippen LogP contribution in [0.25, 0.3) is 5.78 Å². The first-order valence-electron chi connectivity index (χ1n) is 10.2. The van der Waals surface area contributed by atoms with Crippen molar-refractivity contribution in [3.8, 4) is 0 Å². The third kappa shape index (κ3) is 4.06. The molecule has 4 rings (SSSR count). The number of aryl methyl sites for hydroxylation is 1. The van der Waals surface area contributed by atoms with Gasteiger partial charge in [0.2, 0.25) is 5.91 Å². The van der Waals surface area contributed by atoms with Crippen molar-refractivity contribution in [3.05, 3.63) is 57.5 Å². The van der Waals surface area contributed by atoms with Crippen molar-refractivity contribution in [3.63, 3.8) is 0 Å². The molecule has 152 valence electrons. The van der Waals surface area contributed by atoms with Crippen molar-refractivity contribution in [2.75, 3.05) is 0 Å². The lowest BCUT2D eigenvalue weighted by Crippen LogP contribution is -2.42. The highest BCUT2D eigenvalue weighted by atomic mass is 16.2. The molecule has 1 aliphatic rings. The number of fused-ring (bicyclic) bond motifs is 1. The Morgan fingerprint density at radius 2 is 1.90 bits per heavy atom. The first-order valence-corrected chi connectivity index (χ1v) is 10.2. The maximum absolute atomic E-state index is 13.3. The van der Waals surface area contributed by atoms with Gasteiger partial charge in [-0.3, -0.25) is 19.7 Å². The molecule has 1 amide bonds. The third-order valence-corrected chi connectivity index (χ3v) is 5.77. The van der Waals surface area contributed by atoms with Crippen LogP contribution in [0.2, 0.25) is 0 Å². The summed E-state index contributed by atoms with van der Waals surface area (Å²) < 4.78 is 1.32. The van der Waals surface area contributed by atoms with Crippen LogP contribution in [0.4, 0.5) is 0 Å². The maximum Gasteiger partial charge on any atom is 0.277 e. The normalized spacial score (nSPS) is 15.0. The molecule has 3 aromatic rings. The van der Waals surface area contributed by atoms with Gasteiger partial charge in [0, 0.05) is 36.2 Å². The number of carbonyl (C=O) groups is 1. The Kier molecular flexibility index (Phi) is 5.42. The standard InChI is InChI=1S/C21H26N6O2/c1-14-15(2)23-21-24-18(25-27(21)20(14)29)12-19(28)26(17-6-4-3-5-7-17)13-16-8-10-22-11-9-16/h8-11,17H,3-7,12-13H2,1-2H3,(H,23,24,25). The number of amides is 1. The van der Waals surface area contributed by atoms with E-state index < -0.39 is 0 Å². The molecular weight excluding hydrogens is 368 g/mol. The minimum Gasteiger partial charge on any atom is -0.335 e. The molecule has 3 aromatic heterocycles. The van der Waals surface area contributed by atoms with E-state index in [0.717, 1.165) is 31.2 Å². The summed E-state index contributed by atoms with van der Waals surface area (Å²) in [5.41, 5.74) is 2.11. The number of hydrogen-bond acceptors (Lipinski definition) is 5. The van der Waals surface area contributed by atoms with Crippen LogP contribution < -0.4 is 5.56 Å². The summed E-state index contributed by atoms with van der Waals surface area (Å²) >= 11 is 0. The van der Waals surface area contributed by atoms with E-state index in [4.69, 9.17) is 0 Å². The second kappa shape index (κ2) is 8.14. The largest absolute Gasteiger partial charge is 0.335 e. The Labute approximate surface area is 169 Å². The second-order valence-electron chi connectivity index (χ2n) is 7.78. The van der Waals surface area contributed by atoms with Gasteiger partial charge >= 0.3 is 0 Å². The van der Waals surface area contributed by atoms with Gasteiger partial charge in [-0.25, -0.2) is 4.98 Å². The van der Waals surface area contributed by atoms with Crippen molar-refractivity contribution < 1.29 is 4.79 Å². The van der Waals surface area contributed by atoms with Crippen LogP contribution in [0, 0.1) is 13.8 Å². The van der Waals surface area contributed by atoms with Gasteiger partial charge in [-0.15, -0.1) is 0 Å². The molecule has 0 radical (unpaired) electrons. The smallest absolute Gasteiger partial charge is 0.277 e. The van der Waals surface area contributed by atoms with E-state index in [2.05, 4.69) is 20.1 Å². The summed E-state index contributed by atoms with van der Waals surface area (Å²) in [6.45, 7) is 4.08. The number of H-pyrrole nitrogens is 1. The van der Waals surface area contributed by atoms with Crippen molar-refractivity contribution in [2.24, 2.45) is 0 Å². The molecule has 1 aliphatic carbocycles. The number of pyridine rings is 1. The highest BCUT2D eigenvalue weighted by Gasteiger charge is 2.26. The van der Waals surface area contributed by atoms with Crippen LogP contribution in [0.3, 0.4) is 0 Å². The lowest BCUT2D eigenvalue weighted by Gasteiger charge is -2.34. The van der Waals surface area contributed by atoms with Crippen LogP contribution in [-0.4, -0.2) is 41.4 Å². The van der Waals surface area contributed by atoms with Crippen LogP contribution in [0.1, 0.15) is 54.7 Å². The Morgan fingerprint density at radius 3 is 2.62 bits per heavy atom. The summed E-state index contributed by atoms with van der Waals surface area (Å²) in [5.74, 6) is 0.772. The summed E-state index contributed by atoms with van der Waals surface area (Å²) in [5, 5.41) is 2.96. The fraction of sp³-hybridized carbons (Fsp3) is 0.476. The maximum atomic E-state index is 13.3. The molecule has 1 N–H and O–H groups in total. The topological polar surface area (TPSA) is 96.2 Å². The number of nitrogens with zero attached hydrogens (tertiary/aromatic N) is 5. The summed E-state index contributed by atoms with van der Waals surface area (Å²) in [6, 6.07) is 4.12. The number of nitrogens with one attached hydrogen (secondary N) is 1. The minimum absolute atomic E-state index is 0.00858. The predicted octanol–water partition coefficient (Wildman–Crippen LogP) is 2.33. The zero-order chi connectivity index (χ0) is 20.4. The molecular formula is C21H26N6O2. The van der Waals surface area contributed by atoms with Gasteiger partial charge < -0.3 is 4.90 Å². The average molecular weight is 394 g/mol. The average Bonchev–Trinajstić information content (AvgIpc) is 3.14. The molecule has 1 saturated carbocycles. The minimum atomic E-state index is -0.181. The fourth-order valence-corrected chi connectivity index (χ4v) is 3.97. The molecule has 0 unspecified atom stereocenters. The summed E-state index contributed by atoms with van der Waals surface area (Å²) in [6.07, 6.45) is 9.18. The summed E-state index contributed by atoms with van der Waals surface area (Å²) in [7, 11) is 0. The van der Waals surface area contributed by atoms with E-state index in [1.54, 1.807) is 26.2 Å². The van der Waals surface area contributed by atoms with E-state index >= 15 is 0 Å². The molecule has 0 spiro atoms. The molecule has 3 heterocycles. The SMILES string of the molecule is Cc1nc2nc(CC(=O)N(Cc3ccncc3)C3CCCCC3)[nH]n2c(=O)c1C. The Balaban J connectivity index is 1.59. The number of hydrogen-bond donors (Lipinski definition) is 1. The van der Waals surface area contributed by atoms with Gasteiger partial charge in [-0.1, -0.05) is 19.3 Å². The molecule has 8 heteroatoms. The van der Waals surface area contributed by atoms with Crippen LogP contribution in [0.15, 0.2) is 29.3 Å². The number of carbonyl (C=O) groups excluding carboxylic acids is 1. The van der Waals surface area contributed by atoms with Crippen molar-refractivity contribution in [1.29, 1.82) is 0 Å². The van der Waals surface area contributed by atoms with Crippen LogP contribution in [-0.2, 0) is 17.8 Å². The van der Waals surface area contributed by atoms with Gasteiger partial charge in [0.05, 0.1) is 6.42 Å². The number of aromatic nitrogens is 5. The fourth-order valence-electron chi connectivity index (χ4n) is 3.97. The quantitative estimate of drug-likeness (QED) is 0.716. The van der Waals surface area contributed by atoms with Crippen LogP contribution in [0.5, 0.6) is 0 Å². The second-order valence-corrected chi connectivity index (χ2v) is 7.78. The highest BCUT2D eigenvalue weighted by molar-refractivity contribution is 5.78. The predicted molar refractivity (Wildman–Crippen MR) is 108 cm³/mol. The Hall–Kier alpha value is -3.03. The van der Waals surface area contributed by atoms with Gasteiger partial charge in [0.1, 0.15) is 5.82 Å². The zero-order valence-corrected chi connectivity index (χ0v) is 16.9. The molecule has 29 heavy (non-hydrogen) atoms. The van der Waals surface area contributed by atoms with E-state index in [0.29, 0.717) is 29.4 Å². The lowest BCUT2D eigenvalue weighted by molar-refractivity contribution is -0.134. The first-order chi connectivity index (χ1) is 14.0. The van der Waals surface area contributed by atoms with E-state index in [1.165, 1.54) is 10.9 Å². The molecule has 0 aromatic carbocycles. The Bertz CT molecular complexity index is 1070. The summed E-state index contributed by atoms with van der Waals surface area (Å²) in [4.78, 5) is 40.5. The van der Waals surface area contributed by atoms with Gasteiger partial charge in [-0.05, 0) is 44.4 Å². The van der Waals surface area contributed by atoms with Crippen molar-refractivity contribution in [2.45, 2.75) is 65.0 Å². The third-order valence-electron chi connectivity index (χ3n) is 5.77. The number of aromatic amines is 1. The van der Waals surface area contributed by atoms with Crippen LogP contribution >= 0.6 is 0 Å². The lowest BCUT2D eigenvalue weighted by atomic mass is 9.93. The first kappa shape index (κ1) is 19.3. The highest BCUT2D eigenvalue weighted by Crippen LogP contribution is 2.24. The molecule has 0 aliphatic heterocycles. The molecule has 8 nitrogen and oxygen atoms in total. The molecule has 1 fully saturated rings. The van der Waals surface area contributed by atoms with Gasteiger partial charge in [-0.2, -0.15) is 9.50 Å². The molecule has 0 bridgehead atoms. The van der Waals surface area contributed by atoms with Crippen molar-refractivity contribution >= 4 is 11.7 Å². The number of rotatable bonds is 5. The van der Waals surface area contributed by atoms with Gasteiger partial charge in [0.15, 0.2) is 0 Å². The monoisotopic (exact) mass is 394 g/mol. The Morgan fingerprint density at radius 1 is 1.17 bits per heavy atom. The van der Waals surface area contributed by atoms with E-state index in [-0.39, 0.29) is 23.9 Å². The van der Waals surface area contributed by atoms with Crippen molar-refractivity contribution in [1.82, 2.24) is 29.5 Å². The molecule has 0 saturated heterocycles. The van der Waals surface area contributed by atoms with E-state index in [1.807, 2.05) is 17.0 Å². The zero-order valence-electron chi connectivity index (χ0n) is 16.9. The molecule has 0 atom stereocenters. The van der Waals surface area contributed by atoms with E-state index in [9.17, 15) is 9.59 Å². The van der Waals surface area contributed by atoms with Gasteiger partial charge in [0.25, 0.3) is 11.3 Å².